The molecule has 0 atom stereocenters. The van der Waals surface area contributed by atoms with Crippen molar-refractivity contribution >= 4 is 5.78 Å². The second kappa shape index (κ2) is 11.3. The van der Waals surface area contributed by atoms with Gasteiger partial charge in [-0.25, -0.2) is 0 Å². The second-order valence-electron chi connectivity index (χ2n) is 5.68. The molecule has 1 nitrogen and oxygen atoms in total. The normalized spacial score (nSPS) is 12.7. The van der Waals surface area contributed by atoms with Crippen LogP contribution in [0.25, 0.3) is 0 Å². The third-order valence-electron chi connectivity index (χ3n) is 4.37. The fourth-order valence-corrected chi connectivity index (χ4v) is 3.38. The highest BCUT2D eigenvalue weighted by molar-refractivity contribution is 5.96. The number of carbonyl (C=O) groups is 1. The molecule has 0 fully saturated rings. The van der Waals surface area contributed by atoms with Crippen LogP contribution >= 0.6 is 0 Å². The van der Waals surface area contributed by atoms with Gasteiger partial charge in [-0.2, -0.15) is 0 Å². The summed E-state index contributed by atoms with van der Waals surface area (Å²) in [6.07, 6.45) is 8.52. The number of benzene rings is 2. The molecule has 0 aromatic heterocycles. The molecule has 1 heteroatoms. The molecular weight excluding hydrogens is 316 g/mol. The third-order valence-corrected chi connectivity index (χ3v) is 4.37. The fourth-order valence-electron chi connectivity index (χ4n) is 3.38. The molecule has 0 heterocycles. The minimum absolute atomic E-state index is 0.155. The summed E-state index contributed by atoms with van der Waals surface area (Å²) in [6.45, 7) is 9.70. The zero-order chi connectivity index (χ0) is 19.4. The van der Waals surface area contributed by atoms with Crippen LogP contribution in [0.2, 0.25) is 0 Å². The molecule has 0 saturated carbocycles. The highest BCUT2D eigenvalue weighted by Crippen LogP contribution is 2.42. The van der Waals surface area contributed by atoms with Gasteiger partial charge in [-0.3, -0.25) is 4.79 Å². The van der Waals surface area contributed by atoms with Crippen molar-refractivity contribution in [1.29, 1.82) is 0 Å². The van der Waals surface area contributed by atoms with Crippen molar-refractivity contribution in [2.45, 2.75) is 52.9 Å². The van der Waals surface area contributed by atoms with Crippen molar-refractivity contribution in [2.75, 3.05) is 0 Å². The number of Topliss-reactive ketones (excluding diaryl/α,β-unsaturated/α-hetero) is 1. The van der Waals surface area contributed by atoms with Crippen LogP contribution in [-0.2, 0) is 10.2 Å². The second-order valence-corrected chi connectivity index (χ2v) is 5.68. The molecule has 138 valence electrons. The number of hydrogen-bond donors (Lipinski definition) is 0. The van der Waals surface area contributed by atoms with E-state index in [-0.39, 0.29) is 5.78 Å². The van der Waals surface area contributed by atoms with E-state index in [2.05, 4.69) is 42.5 Å². The Morgan fingerprint density at radius 1 is 0.769 bits per heavy atom. The lowest BCUT2D eigenvalue weighted by Crippen LogP contribution is -2.37. The van der Waals surface area contributed by atoms with Crippen molar-refractivity contribution in [2.24, 2.45) is 0 Å². The van der Waals surface area contributed by atoms with E-state index in [1.165, 1.54) is 0 Å². The van der Waals surface area contributed by atoms with E-state index >= 15 is 0 Å². The first kappa shape index (κ1) is 21.6. The molecule has 2 aromatic rings. The average molecular weight is 349 g/mol. The summed E-state index contributed by atoms with van der Waals surface area (Å²) in [5.74, 6) is 0.155. The SMILES string of the molecule is CC.CC.CC(=O)C(C1=CCCC=C1)(c1ccccc1)c1ccccc1. The lowest BCUT2D eigenvalue weighted by molar-refractivity contribution is -0.119. The van der Waals surface area contributed by atoms with Gasteiger partial charge in [-0.15, -0.1) is 0 Å². The van der Waals surface area contributed by atoms with Gasteiger partial charge in [-0.05, 0) is 36.5 Å². The van der Waals surface area contributed by atoms with Crippen molar-refractivity contribution in [1.82, 2.24) is 0 Å². The van der Waals surface area contributed by atoms with Crippen molar-refractivity contribution in [3.05, 3.63) is 95.6 Å². The van der Waals surface area contributed by atoms with Crippen LogP contribution in [0.1, 0.15) is 58.6 Å². The quantitative estimate of drug-likeness (QED) is 0.588. The van der Waals surface area contributed by atoms with Crippen LogP contribution < -0.4 is 0 Å². The maximum absolute atomic E-state index is 12.9. The highest BCUT2D eigenvalue weighted by atomic mass is 16.1. The van der Waals surface area contributed by atoms with Crippen LogP contribution in [0.4, 0.5) is 0 Å². The zero-order valence-corrected chi connectivity index (χ0v) is 16.8. The van der Waals surface area contributed by atoms with E-state index in [1.54, 1.807) is 6.92 Å². The molecule has 0 bridgehead atoms. The Hall–Kier alpha value is -2.41. The summed E-state index contributed by atoms with van der Waals surface area (Å²) >= 11 is 0. The summed E-state index contributed by atoms with van der Waals surface area (Å²) in [6, 6.07) is 20.2. The molecule has 0 amide bonds. The molecule has 2 aromatic carbocycles. The molecule has 0 radical (unpaired) electrons. The lowest BCUT2D eigenvalue weighted by atomic mass is 9.65. The number of ketones is 1. The van der Waals surface area contributed by atoms with Crippen LogP contribution in [0.5, 0.6) is 0 Å². The summed E-state index contributed by atoms with van der Waals surface area (Å²) in [7, 11) is 0. The van der Waals surface area contributed by atoms with Gasteiger partial charge in [0.15, 0.2) is 0 Å². The Balaban J connectivity index is 0.000000791. The van der Waals surface area contributed by atoms with Gasteiger partial charge in [0, 0.05) is 0 Å². The van der Waals surface area contributed by atoms with E-state index in [1.807, 2.05) is 64.1 Å². The fraction of sp³-hybridized carbons (Fsp3) is 0.320. The van der Waals surface area contributed by atoms with Crippen LogP contribution in [0.15, 0.2) is 84.5 Å². The standard InChI is InChI=1S/C21H20O.2C2H6/c1-17(22)21(18-11-5-2-6-12-18,19-13-7-3-8-14-19)20-15-9-4-10-16-20;2*1-2/h2-3,5-9,11-16H,4,10H2,1H3;2*1-2H3. The summed E-state index contributed by atoms with van der Waals surface area (Å²) in [5.41, 5.74) is 2.45. The number of carbonyl (C=O) groups excluding carboxylic acids is 1. The Morgan fingerprint density at radius 3 is 1.58 bits per heavy atom. The topological polar surface area (TPSA) is 17.1 Å². The molecular formula is C25H32O. The van der Waals surface area contributed by atoms with E-state index in [4.69, 9.17) is 0 Å². The predicted molar refractivity (Wildman–Crippen MR) is 113 cm³/mol. The van der Waals surface area contributed by atoms with Crippen LogP contribution in [0, 0.1) is 0 Å². The first-order chi connectivity index (χ1) is 12.8. The maximum Gasteiger partial charge on any atom is 0.149 e. The minimum Gasteiger partial charge on any atom is -0.298 e. The van der Waals surface area contributed by atoms with Crippen LogP contribution in [0.3, 0.4) is 0 Å². The van der Waals surface area contributed by atoms with Crippen LogP contribution in [-0.4, -0.2) is 5.78 Å². The van der Waals surface area contributed by atoms with Crippen molar-refractivity contribution < 1.29 is 4.79 Å². The first-order valence-electron chi connectivity index (χ1n) is 9.75. The van der Waals surface area contributed by atoms with E-state index in [9.17, 15) is 4.79 Å². The van der Waals surface area contributed by atoms with E-state index < -0.39 is 5.41 Å². The van der Waals surface area contributed by atoms with Gasteiger partial charge in [-0.1, -0.05) is 107 Å². The van der Waals surface area contributed by atoms with Crippen molar-refractivity contribution in [3.8, 4) is 0 Å². The Kier molecular flexibility index (Phi) is 9.36. The monoisotopic (exact) mass is 348 g/mol. The highest BCUT2D eigenvalue weighted by Gasteiger charge is 2.41. The van der Waals surface area contributed by atoms with Gasteiger partial charge in [0.2, 0.25) is 0 Å². The molecule has 0 N–H and O–H groups in total. The Bertz CT molecular complexity index is 669. The molecule has 1 aliphatic carbocycles. The molecule has 0 unspecified atom stereocenters. The van der Waals surface area contributed by atoms with Gasteiger partial charge in [0.05, 0.1) is 0 Å². The summed E-state index contributed by atoms with van der Waals surface area (Å²) < 4.78 is 0. The molecule has 0 saturated heterocycles. The molecule has 0 aliphatic heterocycles. The average Bonchev–Trinajstić information content (AvgIpc) is 2.74. The maximum atomic E-state index is 12.9. The minimum atomic E-state index is -0.709. The Labute approximate surface area is 159 Å². The first-order valence-corrected chi connectivity index (χ1v) is 9.75. The number of allylic oxidation sites excluding steroid dienone is 4. The van der Waals surface area contributed by atoms with E-state index in [0.29, 0.717) is 0 Å². The predicted octanol–water partition coefficient (Wildman–Crippen LogP) is 6.89. The zero-order valence-electron chi connectivity index (χ0n) is 16.8. The lowest BCUT2D eigenvalue weighted by Gasteiger charge is -2.35. The van der Waals surface area contributed by atoms with Gasteiger partial charge >= 0.3 is 0 Å². The molecule has 3 rings (SSSR count). The summed E-state index contributed by atoms with van der Waals surface area (Å²) in [4.78, 5) is 12.9. The largest absolute Gasteiger partial charge is 0.298 e. The smallest absolute Gasteiger partial charge is 0.149 e. The summed E-state index contributed by atoms with van der Waals surface area (Å²) in [5, 5.41) is 0. The molecule has 1 aliphatic rings. The Morgan fingerprint density at radius 2 is 1.23 bits per heavy atom. The van der Waals surface area contributed by atoms with Gasteiger partial charge in [0.1, 0.15) is 11.2 Å². The molecule has 0 spiro atoms. The van der Waals surface area contributed by atoms with E-state index in [0.717, 1.165) is 29.5 Å². The number of rotatable bonds is 4. The number of hydrogen-bond acceptors (Lipinski definition) is 1. The van der Waals surface area contributed by atoms with Crippen molar-refractivity contribution in [3.63, 3.8) is 0 Å². The van der Waals surface area contributed by atoms with Gasteiger partial charge < -0.3 is 0 Å². The van der Waals surface area contributed by atoms with Gasteiger partial charge in [0.25, 0.3) is 0 Å². The third kappa shape index (κ3) is 4.40. The molecule has 26 heavy (non-hydrogen) atoms.